The number of hydrogen-bond donors (Lipinski definition) is 4. The standard InChI is InChI=1S/C11H24N4O3/c1-7(12-4)6-18-15-9(3)11(17)14-8(2)10(16)13-5/h7-9,12,15H,6H2,1-5H3,(H,13,16)(H,14,17). The minimum Gasteiger partial charge on any atom is -0.357 e. The van der Waals surface area contributed by atoms with Gasteiger partial charge >= 0.3 is 0 Å². The molecule has 0 aliphatic heterocycles. The normalized spacial score (nSPS) is 15.6. The molecular weight excluding hydrogens is 236 g/mol. The Morgan fingerprint density at radius 1 is 1.06 bits per heavy atom. The van der Waals surface area contributed by atoms with Crippen molar-refractivity contribution < 1.29 is 14.4 Å². The number of hydrogen-bond acceptors (Lipinski definition) is 5. The van der Waals surface area contributed by atoms with Gasteiger partial charge in [0.1, 0.15) is 12.1 Å². The second kappa shape index (κ2) is 8.84. The predicted molar refractivity (Wildman–Crippen MR) is 68.7 cm³/mol. The van der Waals surface area contributed by atoms with Crippen molar-refractivity contribution >= 4 is 11.8 Å². The van der Waals surface area contributed by atoms with E-state index in [4.69, 9.17) is 4.84 Å². The Kier molecular flexibility index (Phi) is 8.27. The Labute approximate surface area is 108 Å². The molecule has 106 valence electrons. The van der Waals surface area contributed by atoms with Gasteiger partial charge in [-0.15, -0.1) is 0 Å². The summed E-state index contributed by atoms with van der Waals surface area (Å²) in [5.41, 5.74) is 2.63. The van der Waals surface area contributed by atoms with Gasteiger partial charge in [0.25, 0.3) is 0 Å². The lowest BCUT2D eigenvalue weighted by Crippen LogP contribution is -2.50. The van der Waals surface area contributed by atoms with E-state index < -0.39 is 12.1 Å². The van der Waals surface area contributed by atoms with E-state index in [9.17, 15) is 9.59 Å². The lowest BCUT2D eigenvalue weighted by molar-refractivity contribution is -0.131. The molecule has 0 saturated heterocycles. The smallest absolute Gasteiger partial charge is 0.242 e. The van der Waals surface area contributed by atoms with E-state index in [1.165, 1.54) is 7.05 Å². The summed E-state index contributed by atoms with van der Waals surface area (Å²) in [6.45, 7) is 5.68. The highest BCUT2D eigenvalue weighted by Crippen LogP contribution is 1.88. The van der Waals surface area contributed by atoms with Crippen LogP contribution < -0.4 is 21.4 Å². The molecule has 2 amide bonds. The molecule has 0 fully saturated rings. The molecule has 3 unspecified atom stereocenters. The van der Waals surface area contributed by atoms with Gasteiger partial charge in [-0.05, 0) is 27.8 Å². The lowest BCUT2D eigenvalue weighted by atomic mass is 10.2. The van der Waals surface area contributed by atoms with Crippen LogP contribution in [0.5, 0.6) is 0 Å². The van der Waals surface area contributed by atoms with Gasteiger partial charge in [-0.3, -0.25) is 14.4 Å². The van der Waals surface area contributed by atoms with Crippen LogP contribution in [-0.2, 0) is 14.4 Å². The number of carbonyl (C=O) groups is 2. The van der Waals surface area contributed by atoms with Crippen molar-refractivity contribution in [2.45, 2.75) is 38.9 Å². The minimum atomic E-state index is -0.567. The average molecular weight is 260 g/mol. The van der Waals surface area contributed by atoms with E-state index in [-0.39, 0.29) is 17.9 Å². The Bertz CT molecular complexity index is 273. The molecule has 0 aliphatic rings. The maximum absolute atomic E-state index is 11.7. The largest absolute Gasteiger partial charge is 0.357 e. The minimum absolute atomic E-state index is 0.192. The molecule has 0 radical (unpaired) electrons. The molecule has 0 heterocycles. The number of hydroxylamine groups is 1. The van der Waals surface area contributed by atoms with Crippen LogP contribution >= 0.6 is 0 Å². The van der Waals surface area contributed by atoms with E-state index in [2.05, 4.69) is 21.4 Å². The number of nitrogens with one attached hydrogen (secondary N) is 4. The van der Waals surface area contributed by atoms with Crippen LogP contribution in [0.15, 0.2) is 0 Å². The van der Waals surface area contributed by atoms with E-state index in [1.54, 1.807) is 13.8 Å². The van der Waals surface area contributed by atoms with Crippen LogP contribution in [0.4, 0.5) is 0 Å². The molecule has 0 rings (SSSR count). The molecule has 0 aliphatic carbocycles. The van der Waals surface area contributed by atoms with E-state index in [0.717, 1.165) is 0 Å². The highest BCUT2D eigenvalue weighted by molar-refractivity contribution is 5.89. The molecule has 0 aromatic rings. The Hall–Kier alpha value is -1.18. The van der Waals surface area contributed by atoms with Gasteiger partial charge < -0.3 is 16.0 Å². The van der Waals surface area contributed by atoms with Crippen LogP contribution in [-0.4, -0.2) is 50.6 Å². The first-order valence-corrected chi connectivity index (χ1v) is 5.98. The monoisotopic (exact) mass is 260 g/mol. The first kappa shape index (κ1) is 16.8. The highest BCUT2D eigenvalue weighted by Gasteiger charge is 2.18. The maximum Gasteiger partial charge on any atom is 0.242 e. The summed E-state index contributed by atoms with van der Waals surface area (Å²) in [6.07, 6.45) is 0. The van der Waals surface area contributed by atoms with Gasteiger partial charge in [-0.1, -0.05) is 0 Å². The third-order valence-corrected chi connectivity index (χ3v) is 2.48. The first-order chi connectivity index (χ1) is 8.42. The van der Waals surface area contributed by atoms with Crippen LogP contribution in [0.1, 0.15) is 20.8 Å². The zero-order chi connectivity index (χ0) is 14.1. The summed E-state index contributed by atoms with van der Waals surface area (Å²) < 4.78 is 0. The third kappa shape index (κ3) is 6.53. The molecule has 0 bridgehead atoms. The second-order valence-corrected chi connectivity index (χ2v) is 4.18. The van der Waals surface area contributed by atoms with Crippen LogP contribution in [0.3, 0.4) is 0 Å². The molecule has 3 atom stereocenters. The topological polar surface area (TPSA) is 91.5 Å². The van der Waals surface area contributed by atoms with Crippen molar-refractivity contribution in [3.05, 3.63) is 0 Å². The van der Waals surface area contributed by atoms with E-state index in [1.807, 2.05) is 14.0 Å². The number of rotatable bonds is 8. The number of carbonyl (C=O) groups excluding carboxylic acids is 2. The molecule has 0 aromatic heterocycles. The summed E-state index contributed by atoms with van der Waals surface area (Å²) in [4.78, 5) is 28.1. The van der Waals surface area contributed by atoms with Gasteiger partial charge in [0.15, 0.2) is 0 Å². The number of amides is 2. The summed E-state index contributed by atoms with van der Waals surface area (Å²) >= 11 is 0. The van der Waals surface area contributed by atoms with Crippen molar-refractivity contribution in [1.82, 2.24) is 21.4 Å². The van der Waals surface area contributed by atoms with Crippen molar-refractivity contribution in [1.29, 1.82) is 0 Å². The molecule has 18 heavy (non-hydrogen) atoms. The van der Waals surface area contributed by atoms with Crippen molar-refractivity contribution in [2.24, 2.45) is 0 Å². The SMILES string of the molecule is CNC(=O)C(C)NC(=O)C(C)NOCC(C)NC. The predicted octanol–water partition coefficient (Wildman–Crippen LogP) is -1.25. The maximum atomic E-state index is 11.7. The van der Waals surface area contributed by atoms with Gasteiger partial charge in [0, 0.05) is 13.1 Å². The van der Waals surface area contributed by atoms with Crippen LogP contribution in [0, 0.1) is 0 Å². The molecule has 0 saturated carbocycles. The van der Waals surface area contributed by atoms with Gasteiger partial charge in [0.05, 0.1) is 6.61 Å². The molecular formula is C11H24N4O3. The van der Waals surface area contributed by atoms with Crippen molar-refractivity contribution in [2.75, 3.05) is 20.7 Å². The molecule has 0 spiro atoms. The Morgan fingerprint density at radius 2 is 1.67 bits per heavy atom. The summed E-state index contributed by atoms with van der Waals surface area (Å²) in [5.74, 6) is -0.525. The molecule has 4 N–H and O–H groups in total. The molecule has 7 heteroatoms. The quantitative estimate of drug-likeness (QED) is 0.410. The Balaban J connectivity index is 3.92. The van der Waals surface area contributed by atoms with Gasteiger partial charge in [-0.2, -0.15) is 5.48 Å². The van der Waals surface area contributed by atoms with Gasteiger partial charge in [-0.25, -0.2) is 0 Å². The summed E-state index contributed by atoms with van der Waals surface area (Å²) in [7, 11) is 3.35. The van der Waals surface area contributed by atoms with Crippen LogP contribution in [0.25, 0.3) is 0 Å². The lowest BCUT2D eigenvalue weighted by Gasteiger charge is -2.18. The van der Waals surface area contributed by atoms with E-state index >= 15 is 0 Å². The second-order valence-electron chi connectivity index (χ2n) is 4.18. The summed E-state index contributed by atoms with van der Waals surface area (Å²) in [6, 6.07) is -0.901. The number of likely N-dealkylation sites (N-methyl/N-ethyl adjacent to an activating group) is 2. The van der Waals surface area contributed by atoms with Crippen molar-refractivity contribution in [3.8, 4) is 0 Å². The van der Waals surface area contributed by atoms with E-state index in [0.29, 0.717) is 6.61 Å². The zero-order valence-corrected chi connectivity index (χ0v) is 11.7. The van der Waals surface area contributed by atoms with Crippen molar-refractivity contribution in [3.63, 3.8) is 0 Å². The average Bonchev–Trinajstić information content (AvgIpc) is 2.36. The van der Waals surface area contributed by atoms with Crippen LogP contribution in [0.2, 0.25) is 0 Å². The Morgan fingerprint density at radius 3 is 2.17 bits per heavy atom. The highest BCUT2D eigenvalue weighted by atomic mass is 16.6. The first-order valence-electron chi connectivity index (χ1n) is 5.98. The fraction of sp³-hybridized carbons (Fsp3) is 0.818. The fourth-order valence-electron chi connectivity index (χ4n) is 1.06. The molecule has 0 aromatic carbocycles. The fourth-order valence-corrected chi connectivity index (χ4v) is 1.06. The third-order valence-electron chi connectivity index (χ3n) is 2.48. The molecule has 7 nitrogen and oxygen atoms in total. The van der Waals surface area contributed by atoms with Gasteiger partial charge in [0.2, 0.25) is 11.8 Å². The zero-order valence-electron chi connectivity index (χ0n) is 11.7. The summed E-state index contributed by atoms with van der Waals surface area (Å²) in [5, 5.41) is 8.04.